The molecular weight excluding hydrogens is 1170 g/mol. The van der Waals surface area contributed by atoms with Crippen molar-refractivity contribution in [3.63, 3.8) is 0 Å². The number of hydrogen-bond acceptors (Lipinski definition) is 19. The Balaban J connectivity index is 2.20. The van der Waals surface area contributed by atoms with Crippen LogP contribution >= 0.6 is 0 Å². The van der Waals surface area contributed by atoms with Gasteiger partial charge in [0.1, 0.15) is 60.1 Å². The SMILES string of the molecule is CCC[C@H](NC(=O)[C@@H]1CCCN1C(=O)[C@@H](NC(=O)[C@@H](NC(=O)C(CCC(=O)O)NC(=O)[C@H](CCC(=O)O)NC(C)=O)C(C)C)C(C)C)C(=O)C(=O)NCC(=O)N[C@H](CO)C(=O)N[C@@H](CC(=O)O)C(=O)N[C@@H](Cc1ccc(O)cc1)C(=O)N[C@@H](CO)C(N)=O. The number of carbonyl (C=O) groups excluding carboxylic acids is 13. The zero-order valence-electron chi connectivity index (χ0n) is 49.4. The maximum Gasteiger partial charge on any atom is 0.305 e. The minimum atomic E-state index is -2.00. The summed E-state index contributed by atoms with van der Waals surface area (Å²) in [4.78, 5) is 208. The number of hydrogen-bond donors (Lipinski definition) is 17. The van der Waals surface area contributed by atoms with E-state index in [1.54, 1.807) is 20.8 Å². The fraction of sp³-hybridized carbons (Fsp3) is 0.593. The van der Waals surface area contributed by atoms with Gasteiger partial charge in [0.15, 0.2) is 0 Å². The second kappa shape index (κ2) is 36.6. The number of nitrogens with one attached hydrogen (secondary N) is 10. The van der Waals surface area contributed by atoms with Gasteiger partial charge in [-0.25, -0.2) is 0 Å². The predicted octanol–water partition coefficient (Wildman–Crippen LogP) is -6.22. The molecule has 1 heterocycles. The molecule has 1 aliphatic rings. The number of carboxylic acids is 3. The van der Waals surface area contributed by atoms with Crippen LogP contribution in [0.1, 0.15) is 105 Å². The number of phenols is 1. The molecule has 1 saturated heterocycles. The lowest BCUT2D eigenvalue weighted by Crippen LogP contribution is -2.61. The summed E-state index contributed by atoms with van der Waals surface area (Å²) in [5.41, 5.74) is 5.53. The van der Waals surface area contributed by atoms with Gasteiger partial charge in [-0.2, -0.15) is 0 Å². The van der Waals surface area contributed by atoms with Crippen LogP contribution in [0.2, 0.25) is 0 Å². The van der Waals surface area contributed by atoms with Gasteiger partial charge in [-0.05, 0) is 61.6 Å². The van der Waals surface area contributed by atoms with Crippen LogP contribution in [0.15, 0.2) is 24.3 Å². The Morgan fingerprint density at radius 2 is 1.06 bits per heavy atom. The third-order valence-corrected chi connectivity index (χ3v) is 13.5. The molecule has 1 aromatic rings. The van der Waals surface area contributed by atoms with Gasteiger partial charge in [0, 0.05) is 32.7 Å². The molecule has 34 heteroatoms. The number of ketones is 1. The van der Waals surface area contributed by atoms with E-state index in [2.05, 4.69) is 37.2 Å². The number of aliphatic hydroxyl groups excluding tert-OH is 2. The molecule has 10 atom stereocenters. The lowest BCUT2D eigenvalue weighted by Gasteiger charge is -2.33. The van der Waals surface area contributed by atoms with Crippen molar-refractivity contribution >= 4 is 94.6 Å². The second-order valence-electron chi connectivity index (χ2n) is 21.3. The molecule has 1 unspecified atom stereocenters. The quantitative estimate of drug-likeness (QED) is 0.0274. The first-order valence-corrected chi connectivity index (χ1v) is 28.0. The van der Waals surface area contributed by atoms with Gasteiger partial charge in [-0.3, -0.25) is 76.7 Å². The summed E-state index contributed by atoms with van der Waals surface area (Å²) >= 11 is 0. The number of nitrogens with zero attached hydrogens (tertiary/aromatic N) is 1. The molecule has 34 nitrogen and oxygen atoms in total. The molecule has 0 saturated carbocycles. The topological polar surface area (TPSA) is 544 Å². The van der Waals surface area contributed by atoms with E-state index in [9.17, 15) is 102 Å². The predicted molar refractivity (Wildman–Crippen MR) is 302 cm³/mol. The number of nitrogens with two attached hydrogens (primary N) is 1. The molecule has 12 amide bonds. The minimum absolute atomic E-state index is 0.00701. The molecule has 0 radical (unpaired) electrons. The van der Waals surface area contributed by atoms with Gasteiger partial charge < -0.3 is 94.4 Å². The molecule has 1 aliphatic heterocycles. The number of primary amides is 1. The molecule has 1 fully saturated rings. The molecule has 18 N–H and O–H groups in total. The fourth-order valence-electron chi connectivity index (χ4n) is 8.77. The molecule has 88 heavy (non-hydrogen) atoms. The number of benzene rings is 1. The number of Topliss-reactive ketones (excluding diaryl/α,β-unsaturated/α-hetero) is 1. The monoisotopic (exact) mass is 1250 g/mol. The van der Waals surface area contributed by atoms with E-state index in [0.29, 0.717) is 5.56 Å². The number of likely N-dealkylation sites (tertiary alicyclic amines) is 1. The number of carbonyl (C=O) groups is 16. The Labute approximate surface area is 504 Å². The van der Waals surface area contributed by atoms with Crippen molar-refractivity contribution < 1.29 is 107 Å². The average molecular weight is 1250 g/mol. The highest BCUT2D eigenvalue weighted by molar-refractivity contribution is 6.38. The molecule has 0 bridgehead atoms. The second-order valence-corrected chi connectivity index (χ2v) is 21.3. The highest BCUT2D eigenvalue weighted by Gasteiger charge is 2.42. The molecular formula is C54H80N12O22. The first-order valence-electron chi connectivity index (χ1n) is 28.0. The van der Waals surface area contributed by atoms with Crippen LogP contribution in [0.4, 0.5) is 0 Å². The first kappa shape index (κ1) is 74.8. The molecule has 0 aliphatic carbocycles. The number of phenolic OH excluding ortho intramolecular Hbond substituents is 1. The molecule has 0 aromatic heterocycles. The van der Waals surface area contributed by atoms with Gasteiger partial charge in [0.05, 0.1) is 32.2 Å². The van der Waals surface area contributed by atoms with Crippen molar-refractivity contribution in [1.29, 1.82) is 0 Å². The van der Waals surface area contributed by atoms with E-state index in [4.69, 9.17) is 10.8 Å². The summed E-state index contributed by atoms with van der Waals surface area (Å²) in [6, 6.07) is -10.5. The third-order valence-electron chi connectivity index (χ3n) is 13.5. The Hall–Kier alpha value is -9.34. The summed E-state index contributed by atoms with van der Waals surface area (Å²) in [5, 5.41) is 80.0. The lowest BCUT2D eigenvalue weighted by molar-refractivity contribution is -0.144. The van der Waals surface area contributed by atoms with Crippen molar-refractivity contribution in [1.82, 2.24) is 58.1 Å². The van der Waals surface area contributed by atoms with Crippen LogP contribution in [0, 0.1) is 11.8 Å². The molecule has 1 aromatic carbocycles. The number of rotatable bonds is 38. The lowest BCUT2D eigenvalue weighted by atomic mass is 9.98. The van der Waals surface area contributed by atoms with Crippen LogP contribution in [0.3, 0.4) is 0 Å². The largest absolute Gasteiger partial charge is 0.508 e. The Kier molecular flexibility index (Phi) is 31.1. The van der Waals surface area contributed by atoms with Gasteiger partial charge in [-0.15, -0.1) is 0 Å². The Morgan fingerprint density at radius 3 is 1.57 bits per heavy atom. The van der Waals surface area contributed by atoms with Crippen LogP contribution in [0.5, 0.6) is 5.75 Å². The van der Waals surface area contributed by atoms with E-state index in [0.717, 1.165) is 11.8 Å². The highest BCUT2D eigenvalue weighted by atomic mass is 16.4. The van der Waals surface area contributed by atoms with Crippen LogP contribution in [-0.2, 0) is 83.1 Å². The standard InChI is InChI=1S/C54H80N12O22/c1-7-9-30(44(78)53(87)56-22-38(71)58-36(24-68)50(84)62-34(21-41(76)77)49(83)61-33(20-28-11-13-29(70)14-12-28)48(82)63-35(23-67)45(55)79)59-51(85)37-10-8-19-66(37)54(88)43(26(4)5)65-52(86)42(25(2)3)64-47(81)32(16-18-40(74)75)60-46(80)31(57-27(6)69)15-17-39(72)73/h11-14,25-26,30-37,42-43,67-68,70H,7-10,15-24H2,1-6H3,(H2,55,79)(H,56,87)(H,57,69)(H,58,71)(H,59,85)(H,60,80)(H,61,83)(H,62,84)(H,63,82)(H,64,81)(H,65,86)(H,72,73)(H,74,75)(H,76,77)/t30-,31-,32?,33-,34-,35-,36+,37-,42-,43-/m0/s1. The fourth-order valence-corrected chi connectivity index (χ4v) is 8.77. The van der Waals surface area contributed by atoms with Crippen molar-refractivity contribution in [3.05, 3.63) is 29.8 Å². The summed E-state index contributed by atoms with van der Waals surface area (Å²) < 4.78 is 0. The zero-order chi connectivity index (χ0) is 66.7. The van der Waals surface area contributed by atoms with Gasteiger partial charge in [0.2, 0.25) is 70.8 Å². The van der Waals surface area contributed by atoms with Gasteiger partial charge >= 0.3 is 17.9 Å². The normalized spacial score (nSPS) is 15.8. The van der Waals surface area contributed by atoms with Crippen molar-refractivity contribution in [2.24, 2.45) is 17.6 Å². The number of amides is 12. The minimum Gasteiger partial charge on any atom is -0.508 e. The highest BCUT2D eigenvalue weighted by Crippen LogP contribution is 2.22. The maximum atomic E-state index is 14.3. The smallest absolute Gasteiger partial charge is 0.305 e. The number of aromatic hydroxyl groups is 1. The van der Waals surface area contributed by atoms with Crippen molar-refractivity contribution in [3.8, 4) is 5.75 Å². The summed E-state index contributed by atoms with van der Waals surface area (Å²) in [7, 11) is 0. The number of aliphatic hydroxyl groups is 2. The summed E-state index contributed by atoms with van der Waals surface area (Å²) in [6.45, 7) is 5.75. The third kappa shape index (κ3) is 24.9. The molecule has 0 spiro atoms. The molecule has 488 valence electrons. The van der Waals surface area contributed by atoms with E-state index < -0.39 is 212 Å². The van der Waals surface area contributed by atoms with E-state index in [1.165, 1.54) is 38.1 Å². The Morgan fingerprint density at radius 1 is 0.568 bits per heavy atom. The van der Waals surface area contributed by atoms with E-state index in [-0.39, 0.29) is 50.8 Å². The summed E-state index contributed by atoms with van der Waals surface area (Å²) in [5.74, 6) is -19.8. The van der Waals surface area contributed by atoms with Crippen molar-refractivity contribution in [2.45, 2.75) is 166 Å². The maximum absolute atomic E-state index is 14.3. The van der Waals surface area contributed by atoms with Crippen molar-refractivity contribution in [2.75, 3.05) is 26.3 Å². The van der Waals surface area contributed by atoms with Gasteiger partial charge in [0.25, 0.3) is 5.91 Å². The van der Waals surface area contributed by atoms with Crippen LogP contribution in [-0.4, -0.2) is 217 Å². The van der Waals surface area contributed by atoms with E-state index >= 15 is 0 Å². The van der Waals surface area contributed by atoms with Crippen LogP contribution in [0.25, 0.3) is 0 Å². The summed E-state index contributed by atoms with van der Waals surface area (Å²) in [6.07, 6.45) is -3.15. The average Bonchev–Trinajstić information content (AvgIpc) is 1.82. The number of carboxylic acid groups (broad SMARTS) is 3. The van der Waals surface area contributed by atoms with Crippen LogP contribution < -0.4 is 58.9 Å². The molecule has 2 rings (SSSR count). The van der Waals surface area contributed by atoms with E-state index in [1.807, 2.05) is 16.0 Å². The van der Waals surface area contributed by atoms with Gasteiger partial charge in [-0.1, -0.05) is 53.2 Å². The first-order chi connectivity index (χ1) is 41.2. The number of aliphatic carboxylic acids is 3. The Bertz CT molecular complexity index is 2730. The zero-order valence-corrected chi connectivity index (χ0v) is 49.4.